The van der Waals surface area contributed by atoms with Gasteiger partial charge in [-0.3, -0.25) is 9.59 Å². The van der Waals surface area contributed by atoms with Crippen LogP contribution in [0.2, 0.25) is 0 Å². The molecular formula is C24H20FN3O5S. The van der Waals surface area contributed by atoms with Gasteiger partial charge in [0.15, 0.2) is 5.69 Å². The number of halogens is 1. The number of anilines is 1. The first-order chi connectivity index (χ1) is 16.4. The largest absolute Gasteiger partial charge is 0.497 e. The van der Waals surface area contributed by atoms with Crippen LogP contribution in [0.5, 0.6) is 5.75 Å². The molecule has 0 radical (unpaired) electrons. The van der Waals surface area contributed by atoms with Crippen molar-refractivity contribution >= 4 is 39.0 Å². The van der Waals surface area contributed by atoms with E-state index in [4.69, 9.17) is 9.47 Å². The van der Waals surface area contributed by atoms with Crippen molar-refractivity contribution < 1.29 is 23.5 Å². The molecule has 8 nitrogen and oxygen atoms in total. The number of hydrogen-bond donors (Lipinski definition) is 1. The molecule has 0 aliphatic rings. The van der Waals surface area contributed by atoms with Crippen LogP contribution in [0.15, 0.2) is 58.7 Å². The summed E-state index contributed by atoms with van der Waals surface area (Å²) in [5.74, 6) is -0.976. The summed E-state index contributed by atoms with van der Waals surface area (Å²) in [5, 5.41) is 9.28. The number of amides is 1. The molecule has 4 aromatic rings. The van der Waals surface area contributed by atoms with E-state index in [1.165, 1.54) is 31.4 Å². The Morgan fingerprint density at radius 2 is 1.94 bits per heavy atom. The van der Waals surface area contributed by atoms with E-state index >= 15 is 0 Å². The zero-order chi connectivity index (χ0) is 24.2. The second-order valence-corrected chi connectivity index (χ2v) is 8.07. The Morgan fingerprint density at radius 3 is 2.65 bits per heavy atom. The van der Waals surface area contributed by atoms with Crippen LogP contribution < -0.4 is 15.6 Å². The Bertz CT molecular complexity index is 1430. The predicted molar refractivity (Wildman–Crippen MR) is 126 cm³/mol. The zero-order valence-electron chi connectivity index (χ0n) is 18.3. The van der Waals surface area contributed by atoms with E-state index in [1.807, 2.05) is 0 Å². The fourth-order valence-corrected chi connectivity index (χ4v) is 4.32. The number of methoxy groups -OCH3 is 1. The molecule has 0 spiro atoms. The van der Waals surface area contributed by atoms with E-state index < -0.39 is 23.3 Å². The average Bonchev–Trinajstić information content (AvgIpc) is 3.25. The quantitative estimate of drug-likeness (QED) is 0.401. The number of carbonyl (C=O) groups excluding carboxylic acids is 2. The Hall–Kier alpha value is -4.05. The fraction of sp³-hybridized carbons (Fsp3) is 0.167. The van der Waals surface area contributed by atoms with E-state index in [2.05, 4.69) is 10.4 Å². The topological polar surface area (TPSA) is 99.5 Å². The van der Waals surface area contributed by atoms with Gasteiger partial charge in [-0.25, -0.2) is 9.18 Å². The lowest BCUT2D eigenvalue weighted by Crippen LogP contribution is -2.25. The van der Waals surface area contributed by atoms with Gasteiger partial charge in [0.25, 0.3) is 5.56 Å². The van der Waals surface area contributed by atoms with Crippen molar-refractivity contribution in [2.75, 3.05) is 19.0 Å². The molecule has 0 aliphatic carbocycles. The lowest BCUT2D eigenvalue weighted by molar-refractivity contribution is -0.115. The summed E-state index contributed by atoms with van der Waals surface area (Å²) in [5.41, 5.74) is 0.429. The summed E-state index contributed by atoms with van der Waals surface area (Å²) in [7, 11) is 1.50. The molecular weight excluding hydrogens is 461 g/mol. The van der Waals surface area contributed by atoms with Crippen LogP contribution in [0.3, 0.4) is 0 Å². The number of nitrogens with zero attached hydrogens (tertiary/aromatic N) is 2. The number of esters is 1. The highest BCUT2D eigenvalue weighted by molar-refractivity contribution is 7.16. The Kier molecular flexibility index (Phi) is 6.69. The van der Waals surface area contributed by atoms with Crippen LogP contribution in [-0.4, -0.2) is 35.4 Å². The van der Waals surface area contributed by atoms with Gasteiger partial charge >= 0.3 is 5.97 Å². The van der Waals surface area contributed by atoms with Gasteiger partial charge in [-0.2, -0.15) is 9.78 Å². The highest BCUT2D eigenvalue weighted by Crippen LogP contribution is 2.31. The maximum absolute atomic E-state index is 13.4. The van der Waals surface area contributed by atoms with Gasteiger partial charge in [-0.1, -0.05) is 18.2 Å². The van der Waals surface area contributed by atoms with Gasteiger partial charge in [0.2, 0.25) is 5.91 Å². The van der Waals surface area contributed by atoms with Gasteiger partial charge in [0.05, 0.1) is 31.2 Å². The number of aromatic nitrogens is 2. The zero-order valence-corrected chi connectivity index (χ0v) is 19.1. The molecule has 0 unspecified atom stereocenters. The third kappa shape index (κ3) is 4.67. The minimum absolute atomic E-state index is 0.0143. The number of fused-ring (bicyclic) bond motifs is 1. The molecule has 0 bridgehead atoms. The molecule has 2 aromatic carbocycles. The summed E-state index contributed by atoms with van der Waals surface area (Å²) in [4.78, 5) is 38.7. The van der Waals surface area contributed by atoms with Gasteiger partial charge in [-0.15, -0.1) is 11.3 Å². The normalized spacial score (nSPS) is 10.8. The molecule has 0 fully saturated rings. The summed E-state index contributed by atoms with van der Waals surface area (Å²) in [6.45, 7) is 1.80. The van der Waals surface area contributed by atoms with Crippen molar-refractivity contribution in [3.05, 3.63) is 81.3 Å². The van der Waals surface area contributed by atoms with Crippen LogP contribution in [0, 0.1) is 5.82 Å². The first-order valence-electron chi connectivity index (χ1n) is 10.3. The molecule has 10 heteroatoms. The maximum Gasteiger partial charge on any atom is 0.359 e. The number of ether oxygens (including phenoxy) is 2. The van der Waals surface area contributed by atoms with Crippen LogP contribution in [0.1, 0.15) is 23.0 Å². The molecule has 2 heterocycles. The van der Waals surface area contributed by atoms with Gasteiger partial charge < -0.3 is 14.8 Å². The van der Waals surface area contributed by atoms with E-state index in [9.17, 15) is 18.8 Å². The molecule has 2 aromatic heterocycles. The van der Waals surface area contributed by atoms with Crippen LogP contribution >= 0.6 is 11.3 Å². The number of nitrogens with one attached hydrogen (secondary N) is 1. The minimum atomic E-state index is -0.689. The first kappa shape index (κ1) is 23.1. The van der Waals surface area contributed by atoms with Crippen molar-refractivity contribution in [1.82, 2.24) is 9.78 Å². The molecule has 0 saturated carbocycles. The molecule has 1 N–H and O–H groups in total. The number of hydrogen-bond acceptors (Lipinski definition) is 7. The minimum Gasteiger partial charge on any atom is -0.497 e. The van der Waals surface area contributed by atoms with Crippen LogP contribution in [-0.2, 0) is 16.0 Å². The first-order valence-corrected chi connectivity index (χ1v) is 11.2. The third-order valence-corrected chi connectivity index (χ3v) is 5.85. The highest BCUT2D eigenvalue weighted by atomic mass is 32.1. The lowest BCUT2D eigenvalue weighted by atomic mass is 10.1. The van der Waals surface area contributed by atoms with Crippen molar-refractivity contribution in [2.45, 2.75) is 13.3 Å². The van der Waals surface area contributed by atoms with Gasteiger partial charge in [0, 0.05) is 16.8 Å². The van der Waals surface area contributed by atoms with Gasteiger partial charge in [0.1, 0.15) is 16.6 Å². The smallest absolute Gasteiger partial charge is 0.359 e. The monoisotopic (exact) mass is 481 g/mol. The maximum atomic E-state index is 13.4. The Labute approximate surface area is 197 Å². The fourth-order valence-electron chi connectivity index (χ4n) is 3.37. The molecule has 0 saturated heterocycles. The number of carbonyl (C=O) groups is 2. The summed E-state index contributed by atoms with van der Waals surface area (Å²) in [6.07, 6.45) is -0.0143. The third-order valence-electron chi connectivity index (χ3n) is 4.95. The van der Waals surface area contributed by atoms with E-state index in [0.717, 1.165) is 16.0 Å². The van der Waals surface area contributed by atoms with Crippen LogP contribution in [0.25, 0.3) is 16.5 Å². The molecule has 174 valence electrons. The Morgan fingerprint density at radius 1 is 1.18 bits per heavy atom. The van der Waals surface area contributed by atoms with Crippen molar-refractivity contribution in [1.29, 1.82) is 0 Å². The lowest BCUT2D eigenvalue weighted by Gasteiger charge is -2.11. The average molecular weight is 482 g/mol. The molecule has 34 heavy (non-hydrogen) atoms. The van der Waals surface area contributed by atoms with E-state index in [0.29, 0.717) is 17.0 Å². The SMILES string of the molecule is CCOC(=O)c1nn(-c2cccc(OC)c2)c(=O)c2c(NC(=O)Cc3ccc(F)cc3)scc12. The second-order valence-electron chi connectivity index (χ2n) is 7.19. The predicted octanol–water partition coefficient (Wildman–Crippen LogP) is 3.95. The summed E-state index contributed by atoms with van der Waals surface area (Å²) in [6, 6.07) is 12.2. The van der Waals surface area contributed by atoms with E-state index in [-0.39, 0.29) is 34.5 Å². The molecule has 4 rings (SSSR count). The summed E-state index contributed by atoms with van der Waals surface area (Å²) >= 11 is 1.10. The molecule has 0 atom stereocenters. The summed E-state index contributed by atoms with van der Waals surface area (Å²) < 4.78 is 24.6. The highest BCUT2D eigenvalue weighted by Gasteiger charge is 2.23. The van der Waals surface area contributed by atoms with Crippen LogP contribution in [0.4, 0.5) is 9.39 Å². The number of rotatable bonds is 7. The standard InChI is InChI=1S/C24H20FN3O5S/c1-3-33-24(31)21-18-13-34-22(26-19(29)11-14-7-9-15(25)10-8-14)20(18)23(30)28(27-21)16-5-4-6-17(12-16)32-2/h4-10,12-13H,3,11H2,1-2H3,(H,26,29). The van der Waals surface area contributed by atoms with E-state index in [1.54, 1.807) is 36.6 Å². The number of thiophene rings is 1. The van der Waals surface area contributed by atoms with Gasteiger partial charge in [-0.05, 0) is 36.8 Å². The van der Waals surface area contributed by atoms with Crippen molar-refractivity contribution in [3.8, 4) is 11.4 Å². The Balaban J connectivity index is 1.80. The van der Waals surface area contributed by atoms with Crippen molar-refractivity contribution in [3.63, 3.8) is 0 Å². The molecule has 1 amide bonds. The second kappa shape index (κ2) is 9.84. The number of benzene rings is 2. The van der Waals surface area contributed by atoms with Crippen molar-refractivity contribution in [2.24, 2.45) is 0 Å². The molecule has 0 aliphatic heterocycles.